The second-order valence-electron chi connectivity index (χ2n) is 9.19. The molecule has 0 aliphatic heterocycles. The van der Waals surface area contributed by atoms with E-state index in [9.17, 15) is 18.0 Å². The minimum absolute atomic E-state index is 0.00729. The summed E-state index contributed by atoms with van der Waals surface area (Å²) >= 11 is 3.36. The van der Waals surface area contributed by atoms with E-state index >= 15 is 0 Å². The van der Waals surface area contributed by atoms with Crippen LogP contribution in [0.25, 0.3) is 0 Å². The Hall–Kier alpha value is -3.37. The van der Waals surface area contributed by atoms with Crippen LogP contribution >= 0.6 is 15.9 Å². The van der Waals surface area contributed by atoms with Crippen LogP contribution in [0.15, 0.2) is 76.1 Å². The predicted molar refractivity (Wildman–Crippen MR) is 156 cm³/mol. The largest absolute Gasteiger partial charge is 0.496 e. The van der Waals surface area contributed by atoms with E-state index in [1.54, 1.807) is 30.3 Å². The molecule has 0 aromatic heterocycles. The fourth-order valence-corrected chi connectivity index (χ4v) is 6.40. The van der Waals surface area contributed by atoms with Crippen molar-refractivity contribution in [3.05, 3.63) is 87.9 Å². The minimum atomic E-state index is -4.18. The first-order valence-electron chi connectivity index (χ1n) is 12.5. The average molecular weight is 617 g/mol. The highest BCUT2D eigenvalue weighted by molar-refractivity contribution is 9.10. The molecule has 0 unspecified atom stereocenters. The first-order chi connectivity index (χ1) is 18.5. The summed E-state index contributed by atoms with van der Waals surface area (Å²) in [5.74, 6) is -0.335. The van der Waals surface area contributed by atoms with E-state index in [4.69, 9.17) is 4.74 Å². The van der Waals surface area contributed by atoms with E-state index in [2.05, 4.69) is 21.2 Å². The standard InChI is InChI=1S/C29H34BrN3O5S/c1-6-26(29(35)31-4)32(18-22-9-7-8-21(3)16-22)28(34)19-33(23-12-10-20(2)11-13-23)39(36,37)24-14-15-27(38-5)25(30)17-24/h7-17,26H,6,18-19H2,1-5H3,(H,31,35)/t26-/m1/s1. The summed E-state index contributed by atoms with van der Waals surface area (Å²) < 4.78 is 34.8. The van der Waals surface area contributed by atoms with Crippen molar-refractivity contribution >= 4 is 43.5 Å². The Labute approximate surface area is 239 Å². The van der Waals surface area contributed by atoms with Crippen molar-refractivity contribution in [3.63, 3.8) is 0 Å². The maximum Gasteiger partial charge on any atom is 0.264 e. The van der Waals surface area contributed by atoms with Gasteiger partial charge in [0.2, 0.25) is 11.8 Å². The van der Waals surface area contributed by atoms with Crippen molar-refractivity contribution < 1.29 is 22.7 Å². The Morgan fingerprint density at radius 1 is 1.00 bits per heavy atom. The third-order valence-corrected chi connectivity index (χ3v) is 8.77. The summed E-state index contributed by atoms with van der Waals surface area (Å²) in [7, 11) is -1.17. The molecule has 3 aromatic carbocycles. The van der Waals surface area contributed by atoms with E-state index < -0.39 is 28.5 Å². The molecule has 208 valence electrons. The van der Waals surface area contributed by atoms with E-state index in [1.807, 2.05) is 45.0 Å². The monoisotopic (exact) mass is 615 g/mol. The van der Waals surface area contributed by atoms with Gasteiger partial charge in [-0.15, -0.1) is 0 Å². The van der Waals surface area contributed by atoms with Crippen LogP contribution in [-0.4, -0.2) is 51.9 Å². The Kier molecular flexibility index (Phi) is 10.2. The molecular weight excluding hydrogens is 582 g/mol. The summed E-state index contributed by atoms with van der Waals surface area (Å²) in [5, 5.41) is 2.63. The molecule has 1 atom stereocenters. The number of hydrogen-bond acceptors (Lipinski definition) is 5. The topological polar surface area (TPSA) is 96.0 Å². The number of carbonyl (C=O) groups excluding carboxylic acids is 2. The number of amides is 2. The van der Waals surface area contributed by atoms with Gasteiger partial charge in [0, 0.05) is 13.6 Å². The molecule has 0 fully saturated rings. The lowest BCUT2D eigenvalue weighted by molar-refractivity contribution is -0.140. The first-order valence-corrected chi connectivity index (χ1v) is 14.7. The van der Waals surface area contributed by atoms with Gasteiger partial charge in [0.25, 0.3) is 10.0 Å². The number of sulfonamides is 1. The van der Waals surface area contributed by atoms with Gasteiger partial charge >= 0.3 is 0 Å². The highest BCUT2D eigenvalue weighted by Crippen LogP contribution is 2.31. The van der Waals surface area contributed by atoms with Gasteiger partial charge in [-0.2, -0.15) is 0 Å². The van der Waals surface area contributed by atoms with Crippen molar-refractivity contribution in [3.8, 4) is 5.75 Å². The van der Waals surface area contributed by atoms with Crippen LogP contribution in [0, 0.1) is 13.8 Å². The summed E-state index contributed by atoms with van der Waals surface area (Å²) in [4.78, 5) is 28.2. The van der Waals surface area contributed by atoms with Crippen molar-refractivity contribution in [1.82, 2.24) is 10.2 Å². The van der Waals surface area contributed by atoms with E-state index in [0.29, 0.717) is 22.3 Å². The second-order valence-corrected chi connectivity index (χ2v) is 11.9. The number of carbonyl (C=O) groups is 2. The number of hydrogen-bond donors (Lipinski definition) is 1. The van der Waals surface area contributed by atoms with E-state index in [0.717, 1.165) is 21.0 Å². The number of benzene rings is 3. The molecule has 2 amide bonds. The molecule has 0 aliphatic rings. The molecule has 10 heteroatoms. The van der Waals surface area contributed by atoms with Gasteiger partial charge in [-0.3, -0.25) is 13.9 Å². The lowest BCUT2D eigenvalue weighted by Gasteiger charge is -2.33. The Balaban J connectivity index is 2.08. The molecule has 0 heterocycles. The fraction of sp³-hybridized carbons (Fsp3) is 0.310. The molecule has 0 spiro atoms. The van der Waals surface area contributed by atoms with Crippen molar-refractivity contribution in [2.45, 2.75) is 44.7 Å². The molecule has 0 saturated carbocycles. The molecule has 0 bridgehead atoms. The number of likely N-dealkylation sites (N-methyl/N-ethyl adjacent to an activating group) is 1. The zero-order valence-corrected chi connectivity index (χ0v) is 25.2. The smallest absolute Gasteiger partial charge is 0.264 e. The molecule has 3 rings (SSSR count). The Morgan fingerprint density at radius 3 is 2.26 bits per heavy atom. The molecular formula is C29H34BrN3O5S. The minimum Gasteiger partial charge on any atom is -0.496 e. The number of methoxy groups -OCH3 is 1. The van der Waals surface area contributed by atoms with Crippen molar-refractivity contribution in [2.75, 3.05) is 25.0 Å². The number of nitrogens with one attached hydrogen (secondary N) is 1. The quantitative estimate of drug-likeness (QED) is 0.333. The van der Waals surface area contributed by atoms with Crippen LogP contribution in [-0.2, 0) is 26.2 Å². The SMILES string of the molecule is CC[C@H](C(=O)NC)N(Cc1cccc(C)c1)C(=O)CN(c1ccc(C)cc1)S(=O)(=O)c1ccc(OC)c(Br)c1. The summed E-state index contributed by atoms with van der Waals surface area (Å²) in [6.07, 6.45) is 0.361. The summed E-state index contributed by atoms with van der Waals surface area (Å²) in [6.45, 7) is 5.33. The third-order valence-electron chi connectivity index (χ3n) is 6.38. The molecule has 39 heavy (non-hydrogen) atoms. The van der Waals surface area contributed by atoms with Gasteiger partial charge in [-0.1, -0.05) is 54.4 Å². The van der Waals surface area contributed by atoms with Gasteiger partial charge < -0.3 is 15.0 Å². The van der Waals surface area contributed by atoms with Gasteiger partial charge in [0.1, 0.15) is 18.3 Å². The molecule has 3 aromatic rings. The van der Waals surface area contributed by atoms with Crippen LogP contribution < -0.4 is 14.4 Å². The van der Waals surface area contributed by atoms with Crippen LogP contribution in [0.5, 0.6) is 5.75 Å². The lowest BCUT2D eigenvalue weighted by Crippen LogP contribution is -2.51. The summed E-state index contributed by atoms with van der Waals surface area (Å²) in [6, 6.07) is 18.2. The van der Waals surface area contributed by atoms with Gasteiger partial charge in [0.05, 0.1) is 22.2 Å². The zero-order chi connectivity index (χ0) is 28.7. The number of rotatable bonds is 11. The van der Waals surface area contributed by atoms with E-state index in [1.165, 1.54) is 31.2 Å². The van der Waals surface area contributed by atoms with Gasteiger partial charge in [-0.25, -0.2) is 8.42 Å². The van der Waals surface area contributed by atoms with Crippen molar-refractivity contribution in [1.29, 1.82) is 0 Å². The van der Waals surface area contributed by atoms with Crippen molar-refractivity contribution in [2.24, 2.45) is 0 Å². The van der Waals surface area contributed by atoms with E-state index in [-0.39, 0.29) is 17.3 Å². The normalized spacial score (nSPS) is 11.9. The lowest BCUT2D eigenvalue weighted by atomic mass is 10.1. The molecule has 0 radical (unpaired) electrons. The van der Waals surface area contributed by atoms with Crippen LogP contribution in [0.2, 0.25) is 0 Å². The van der Waals surface area contributed by atoms with Gasteiger partial charge in [0.15, 0.2) is 0 Å². The van der Waals surface area contributed by atoms with Crippen LogP contribution in [0.3, 0.4) is 0 Å². The highest BCUT2D eigenvalue weighted by Gasteiger charge is 2.33. The Morgan fingerprint density at radius 2 is 1.69 bits per heavy atom. The van der Waals surface area contributed by atoms with Crippen LogP contribution in [0.4, 0.5) is 5.69 Å². The number of halogens is 1. The second kappa shape index (κ2) is 13.1. The maximum absolute atomic E-state index is 14.0. The summed E-state index contributed by atoms with van der Waals surface area (Å²) in [5.41, 5.74) is 3.14. The van der Waals surface area contributed by atoms with Crippen LogP contribution in [0.1, 0.15) is 30.0 Å². The number of anilines is 1. The first kappa shape index (κ1) is 30.2. The van der Waals surface area contributed by atoms with Gasteiger partial charge in [-0.05, 0) is 72.1 Å². The third kappa shape index (κ3) is 7.19. The molecule has 0 saturated heterocycles. The predicted octanol–water partition coefficient (Wildman–Crippen LogP) is 4.82. The number of nitrogens with zero attached hydrogens (tertiary/aromatic N) is 2. The molecule has 0 aliphatic carbocycles. The molecule has 8 nitrogen and oxygen atoms in total. The highest BCUT2D eigenvalue weighted by atomic mass is 79.9. The molecule has 1 N–H and O–H groups in total. The number of aryl methyl sites for hydroxylation is 2. The average Bonchev–Trinajstić information content (AvgIpc) is 2.91. The number of ether oxygens (including phenoxy) is 1. The Bertz CT molecular complexity index is 1430. The fourth-order valence-electron chi connectivity index (χ4n) is 4.27. The maximum atomic E-state index is 14.0. The zero-order valence-electron chi connectivity index (χ0n) is 22.8.